The molecule has 0 atom stereocenters. The maximum atomic E-state index is 12.3. The highest BCUT2D eigenvalue weighted by Crippen LogP contribution is 2.29. The number of carboxylic acids is 1. The van der Waals surface area contributed by atoms with E-state index in [-0.39, 0.29) is 17.7 Å². The van der Waals surface area contributed by atoms with Crippen LogP contribution in [-0.2, 0) is 16.1 Å². The minimum absolute atomic E-state index is 0.0265. The number of methoxy groups -OCH3 is 1. The van der Waals surface area contributed by atoms with Gasteiger partial charge in [0.25, 0.3) is 0 Å². The normalized spacial score (nSPS) is 20.2. The zero-order chi connectivity index (χ0) is 17.8. The molecule has 5 heteroatoms. The van der Waals surface area contributed by atoms with Crippen LogP contribution in [-0.4, -0.2) is 24.1 Å². The topological polar surface area (TPSA) is 75.6 Å². The Kier molecular flexibility index (Phi) is 5.22. The van der Waals surface area contributed by atoms with Gasteiger partial charge < -0.3 is 15.2 Å². The number of hydrogen-bond acceptors (Lipinski definition) is 3. The lowest BCUT2D eigenvalue weighted by Gasteiger charge is -2.25. The monoisotopic (exact) mass is 341 g/mol. The van der Waals surface area contributed by atoms with Crippen LogP contribution in [0, 0.1) is 11.8 Å². The van der Waals surface area contributed by atoms with Crippen LogP contribution < -0.4 is 10.1 Å². The molecule has 2 aromatic rings. The van der Waals surface area contributed by atoms with Crippen LogP contribution in [0.25, 0.3) is 10.8 Å². The van der Waals surface area contributed by atoms with Gasteiger partial charge in [-0.2, -0.15) is 0 Å². The zero-order valence-corrected chi connectivity index (χ0v) is 14.3. The number of hydrogen-bond donors (Lipinski definition) is 2. The molecule has 0 aromatic heterocycles. The van der Waals surface area contributed by atoms with Gasteiger partial charge in [0.1, 0.15) is 5.75 Å². The summed E-state index contributed by atoms with van der Waals surface area (Å²) in [6.45, 7) is 0.486. The predicted molar refractivity (Wildman–Crippen MR) is 95.4 cm³/mol. The molecular weight excluding hydrogens is 318 g/mol. The molecule has 2 aromatic carbocycles. The van der Waals surface area contributed by atoms with Crippen molar-refractivity contribution < 1.29 is 19.4 Å². The SMILES string of the molecule is COc1ccc2cc(CNC(=O)C3CCC(C(=O)O)CC3)ccc2c1. The fourth-order valence-corrected chi connectivity index (χ4v) is 3.45. The van der Waals surface area contributed by atoms with E-state index in [0.717, 1.165) is 22.1 Å². The molecule has 1 aliphatic carbocycles. The average molecular weight is 341 g/mol. The van der Waals surface area contributed by atoms with Crippen molar-refractivity contribution >= 4 is 22.6 Å². The molecule has 1 saturated carbocycles. The Balaban J connectivity index is 1.57. The third-order valence-corrected chi connectivity index (χ3v) is 5.03. The van der Waals surface area contributed by atoms with Gasteiger partial charge in [-0.15, -0.1) is 0 Å². The molecule has 2 N–H and O–H groups in total. The molecule has 0 bridgehead atoms. The van der Waals surface area contributed by atoms with Crippen LogP contribution in [0.3, 0.4) is 0 Å². The second-order valence-electron chi connectivity index (χ2n) is 6.65. The molecule has 1 aliphatic rings. The van der Waals surface area contributed by atoms with E-state index in [1.54, 1.807) is 7.11 Å². The van der Waals surface area contributed by atoms with Gasteiger partial charge in [-0.05, 0) is 60.2 Å². The van der Waals surface area contributed by atoms with Crippen LogP contribution in [0.1, 0.15) is 31.2 Å². The van der Waals surface area contributed by atoms with Gasteiger partial charge in [0, 0.05) is 12.5 Å². The van der Waals surface area contributed by atoms with Crippen molar-refractivity contribution in [3.05, 3.63) is 42.0 Å². The quantitative estimate of drug-likeness (QED) is 0.874. The zero-order valence-electron chi connectivity index (χ0n) is 14.3. The van der Waals surface area contributed by atoms with Crippen LogP contribution in [0.15, 0.2) is 36.4 Å². The highest BCUT2D eigenvalue weighted by Gasteiger charge is 2.29. The molecule has 25 heavy (non-hydrogen) atoms. The van der Waals surface area contributed by atoms with Gasteiger partial charge in [0.05, 0.1) is 13.0 Å². The Morgan fingerprint density at radius 2 is 1.68 bits per heavy atom. The highest BCUT2D eigenvalue weighted by molar-refractivity contribution is 5.85. The number of carbonyl (C=O) groups is 2. The second-order valence-corrected chi connectivity index (χ2v) is 6.65. The van der Waals surface area contributed by atoms with Crippen LogP contribution in [0.2, 0.25) is 0 Å². The maximum Gasteiger partial charge on any atom is 0.306 e. The van der Waals surface area contributed by atoms with E-state index in [1.165, 1.54) is 0 Å². The van der Waals surface area contributed by atoms with Crippen LogP contribution in [0.4, 0.5) is 0 Å². The Hall–Kier alpha value is -2.56. The van der Waals surface area contributed by atoms with Gasteiger partial charge in [0.15, 0.2) is 0 Å². The van der Waals surface area contributed by atoms with E-state index < -0.39 is 5.97 Å². The van der Waals surface area contributed by atoms with Gasteiger partial charge in [-0.25, -0.2) is 0 Å². The number of carboxylic acid groups (broad SMARTS) is 1. The lowest BCUT2D eigenvalue weighted by atomic mass is 9.81. The number of nitrogens with one attached hydrogen (secondary N) is 1. The summed E-state index contributed by atoms with van der Waals surface area (Å²) >= 11 is 0. The number of amides is 1. The number of rotatable bonds is 5. The first kappa shape index (κ1) is 17.3. The third-order valence-electron chi connectivity index (χ3n) is 5.03. The van der Waals surface area contributed by atoms with Gasteiger partial charge in [0.2, 0.25) is 5.91 Å². The average Bonchev–Trinajstić information content (AvgIpc) is 2.65. The molecule has 132 valence electrons. The summed E-state index contributed by atoms with van der Waals surface area (Å²) in [5.41, 5.74) is 1.05. The van der Waals surface area contributed by atoms with E-state index >= 15 is 0 Å². The molecule has 1 fully saturated rings. The van der Waals surface area contributed by atoms with Crippen molar-refractivity contribution in [1.29, 1.82) is 0 Å². The smallest absolute Gasteiger partial charge is 0.306 e. The summed E-state index contributed by atoms with van der Waals surface area (Å²) in [4.78, 5) is 23.3. The Morgan fingerprint density at radius 1 is 1.04 bits per heavy atom. The molecule has 0 spiro atoms. The molecule has 0 unspecified atom stereocenters. The fraction of sp³-hybridized carbons (Fsp3) is 0.400. The molecule has 1 amide bonds. The molecule has 3 rings (SSSR count). The third kappa shape index (κ3) is 4.10. The summed E-state index contributed by atoms with van der Waals surface area (Å²) in [6, 6.07) is 12.0. The Bertz CT molecular complexity index is 778. The number of carbonyl (C=O) groups excluding carboxylic acids is 1. The van der Waals surface area contributed by atoms with Gasteiger partial charge in [-0.3, -0.25) is 9.59 Å². The summed E-state index contributed by atoms with van der Waals surface area (Å²) in [6.07, 6.45) is 2.48. The summed E-state index contributed by atoms with van der Waals surface area (Å²) in [5.74, 6) is -0.252. The number of ether oxygens (including phenoxy) is 1. The first-order chi connectivity index (χ1) is 12.1. The lowest BCUT2D eigenvalue weighted by molar-refractivity contribution is -0.144. The van der Waals surface area contributed by atoms with E-state index in [4.69, 9.17) is 9.84 Å². The highest BCUT2D eigenvalue weighted by atomic mass is 16.5. The summed E-state index contributed by atoms with van der Waals surface area (Å²) in [7, 11) is 1.65. The first-order valence-electron chi connectivity index (χ1n) is 8.64. The van der Waals surface area contributed by atoms with Crippen molar-refractivity contribution in [2.75, 3.05) is 7.11 Å². The fourth-order valence-electron chi connectivity index (χ4n) is 3.45. The van der Waals surface area contributed by atoms with E-state index in [0.29, 0.717) is 32.2 Å². The van der Waals surface area contributed by atoms with Crippen molar-refractivity contribution in [1.82, 2.24) is 5.32 Å². The Labute approximate surface area is 147 Å². The number of fused-ring (bicyclic) bond motifs is 1. The van der Waals surface area contributed by atoms with E-state index in [2.05, 4.69) is 11.4 Å². The molecule has 0 heterocycles. The van der Waals surface area contributed by atoms with E-state index in [9.17, 15) is 9.59 Å². The van der Waals surface area contributed by atoms with Crippen molar-refractivity contribution in [3.8, 4) is 5.75 Å². The van der Waals surface area contributed by atoms with Gasteiger partial charge in [-0.1, -0.05) is 18.2 Å². The molecule has 0 saturated heterocycles. The number of aliphatic carboxylic acids is 1. The summed E-state index contributed by atoms with van der Waals surface area (Å²) < 4.78 is 5.23. The first-order valence-corrected chi connectivity index (χ1v) is 8.64. The maximum absolute atomic E-state index is 12.3. The van der Waals surface area contributed by atoms with Crippen LogP contribution in [0.5, 0.6) is 5.75 Å². The standard InChI is InChI=1S/C20H23NO4/c1-25-18-9-8-16-10-13(2-3-17(16)11-18)12-21-19(22)14-4-6-15(7-5-14)20(23)24/h2-3,8-11,14-15H,4-7,12H2,1H3,(H,21,22)(H,23,24). The molecule has 0 aliphatic heterocycles. The summed E-state index contributed by atoms with van der Waals surface area (Å²) in [5, 5.41) is 14.2. The molecule has 0 radical (unpaired) electrons. The lowest BCUT2D eigenvalue weighted by Crippen LogP contribution is -2.34. The van der Waals surface area contributed by atoms with Crippen molar-refractivity contribution in [2.45, 2.75) is 32.2 Å². The molecule has 5 nitrogen and oxygen atoms in total. The second kappa shape index (κ2) is 7.55. The minimum Gasteiger partial charge on any atom is -0.497 e. The van der Waals surface area contributed by atoms with Crippen molar-refractivity contribution in [2.24, 2.45) is 11.8 Å². The number of benzene rings is 2. The largest absolute Gasteiger partial charge is 0.497 e. The van der Waals surface area contributed by atoms with Crippen LogP contribution >= 0.6 is 0 Å². The van der Waals surface area contributed by atoms with Crippen molar-refractivity contribution in [3.63, 3.8) is 0 Å². The minimum atomic E-state index is -0.744. The van der Waals surface area contributed by atoms with E-state index in [1.807, 2.05) is 30.3 Å². The Morgan fingerprint density at radius 3 is 2.36 bits per heavy atom. The van der Waals surface area contributed by atoms with Gasteiger partial charge >= 0.3 is 5.97 Å². The predicted octanol–water partition coefficient (Wildman–Crippen LogP) is 3.36. The molecular formula is C20H23NO4.